The van der Waals surface area contributed by atoms with Gasteiger partial charge in [-0.2, -0.15) is 0 Å². The van der Waals surface area contributed by atoms with Crippen molar-refractivity contribution in [3.05, 3.63) is 34.6 Å². The SMILES string of the molecule is CC(C)C(CCl)Cc1cc(Cl)ccc1F. The summed E-state index contributed by atoms with van der Waals surface area (Å²) in [6, 6.07) is 4.65. The lowest BCUT2D eigenvalue weighted by Crippen LogP contribution is -2.14. The molecule has 0 heterocycles. The third-order valence-corrected chi connectivity index (χ3v) is 3.26. The molecule has 3 heteroatoms. The van der Waals surface area contributed by atoms with Gasteiger partial charge in [0.25, 0.3) is 0 Å². The van der Waals surface area contributed by atoms with E-state index in [9.17, 15) is 4.39 Å². The highest BCUT2D eigenvalue weighted by molar-refractivity contribution is 6.30. The maximum atomic E-state index is 13.4. The molecular weight excluding hydrogens is 234 g/mol. The summed E-state index contributed by atoms with van der Waals surface area (Å²) in [5.74, 6) is 1.08. The molecule has 0 radical (unpaired) electrons. The van der Waals surface area contributed by atoms with Gasteiger partial charge in [0.05, 0.1) is 0 Å². The Hall–Kier alpha value is -0.270. The third-order valence-electron chi connectivity index (χ3n) is 2.63. The van der Waals surface area contributed by atoms with Crippen LogP contribution in [0.5, 0.6) is 0 Å². The average molecular weight is 249 g/mol. The molecule has 1 unspecified atom stereocenters. The molecule has 1 aromatic rings. The van der Waals surface area contributed by atoms with Crippen molar-refractivity contribution in [3.63, 3.8) is 0 Å². The second-order valence-electron chi connectivity index (χ2n) is 4.10. The molecule has 0 aliphatic carbocycles. The normalized spacial score (nSPS) is 13.2. The van der Waals surface area contributed by atoms with Crippen molar-refractivity contribution in [2.24, 2.45) is 11.8 Å². The molecule has 0 aliphatic heterocycles. The number of rotatable bonds is 4. The van der Waals surface area contributed by atoms with Crippen LogP contribution in [0.4, 0.5) is 4.39 Å². The van der Waals surface area contributed by atoms with E-state index in [0.29, 0.717) is 34.7 Å². The Balaban J connectivity index is 2.82. The first-order chi connectivity index (χ1) is 7.04. The van der Waals surface area contributed by atoms with E-state index < -0.39 is 0 Å². The van der Waals surface area contributed by atoms with Gasteiger partial charge in [-0.25, -0.2) is 4.39 Å². The number of benzene rings is 1. The summed E-state index contributed by atoms with van der Waals surface area (Å²) in [5.41, 5.74) is 0.654. The molecule has 1 rings (SSSR count). The van der Waals surface area contributed by atoms with Crippen LogP contribution >= 0.6 is 23.2 Å². The number of alkyl halides is 1. The Morgan fingerprint density at radius 1 is 1.33 bits per heavy atom. The highest BCUT2D eigenvalue weighted by Crippen LogP contribution is 2.22. The van der Waals surface area contributed by atoms with E-state index in [1.807, 2.05) is 0 Å². The molecule has 0 spiro atoms. The minimum atomic E-state index is -0.199. The Labute approximate surface area is 100 Å². The topological polar surface area (TPSA) is 0 Å². The third kappa shape index (κ3) is 3.66. The fourth-order valence-electron chi connectivity index (χ4n) is 1.45. The monoisotopic (exact) mass is 248 g/mol. The maximum absolute atomic E-state index is 13.4. The van der Waals surface area contributed by atoms with Gasteiger partial charge in [-0.1, -0.05) is 25.4 Å². The van der Waals surface area contributed by atoms with Gasteiger partial charge in [-0.05, 0) is 42.0 Å². The lowest BCUT2D eigenvalue weighted by atomic mass is 9.91. The van der Waals surface area contributed by atoms with Gasteiger partial charge >= 0.3 is 0 Å². The van der Waals surface area contributed by atoms with Crippen LogP contribution in [0.25, 0.3) is 0 Å². The molecule has 0 aromatic heterocycles. The maximum Gasteiger partial charge on any atom is 0.126 e. The van der Waals surface area contributed by atoms with Gasteiger partial charge in [-0.3, -0.25) is 0 Å². The van der Waals surface area contributed by atoms with Gasteiger partial charge < -0.3 is 0 Å². The Bertz CT molecular complexity index is 323. The van der Waals surface area contributed by atoms with Crippen LogP contribution in [0.1, 0.15) is 19.4 Å². The average Bonchev–Trinajstić information content (AvgIpc) is 2.18. The largest absolute Gasteiger partial charge is 0.207 e. The van der Waals surface area contributed by atoms with E-state index in [0.717, 1.165) is 0 Å². The summed E-state index contributed by atoms with van der Waals surface area (Å²) < 4.78 is 13.4. The highest BCUT2D eigenvalue weighted by atomic mass is 35.5. The molecule has 0 amide bonds. The van der Waals surface area contributed by atoms with Gasteiger partial charge in [0.2, 0.25) is 0 Å². The molecule has 0 bridgehead atoms. The molecule has 1 aromatic carbocycles. The molecule has 0 fully saturated rings. The zero-order valence-corrected chi connectivity index (χ0v) is 10.4. The fraction of sp³-hybridized carbons (Fsp3) is 0.500. The first kappa shape index (κ1) is 12.8. The first-order valence-corrected chi connectivity index (χ1v) is 5.95. The van der Waals surface area contributed by atoms with Crippen LogP contribution in [-0.4, -0.2) is 5.88 Å². The summed E-state index contributed by atoms with van der Waals surface area (Å²) in [6.07, 6.45) is 0.646. The van der Waals surface area contributed by atoms with Crippen molar-refractivity contribution in [3.8, 4) is 0 Å². The molecule has 0 saturated carbocycles. The first-order valence-electron chi connectivity index (χ1n) is 5.04. The Morgan fingerprint density at radius 3 is 2.53 bits per heavy atom. The van der Waals surface area contributed by atoms with Crippen LogP contribution in [-0.2, 0) is 6.42 Å². The molecule has 15 heavy (non-hydrogen) atoms. The van der Waals surface area contributed by atoms with Gasteiger partial charge in [0.1, 0.15) is 5.82 Å². The van der Waals surface area contributed by atoms with E-state index >= 15 is 0 Å². The van der Waals surface area contributed by atoms with Crippen molar-refractivity contribution >= 4 is 23.2 Å². The number of hydrogen-bond donors (Lipinski definition) is 0. The summed E-state index contributed by atoms with van der Waals surface area (Å²) in [4.78, 5) is 0. The highest BCUT2D eigenvalue weighted by Gasteiger charge is 2.15. The second-order valence-corrected chi connectivity index (χ2v) is 4.84. The Morgan fingerprint density at radius 2 is 2.00 bits per heavy atom. The predicted octanol–water partition coefficient (Wildman–Crippen LogP) is 4.53. The van der Waals surface area contributed by atoms with Crippen LogP contribution in [0, 0.1) is 17.7 Å². The van der Waals surface area contributed by atoms with E-state index in [2.05, 4.69) is 13.8 Å². The van der Waals surface area contributed by atoms with Gasteiger partial charge in [0.15, 0.2) is 0 Å². The molecule has 84 valence electrons. The molecule has 0 nitrogen and oxygen atoms in total. The fourth-order valence-corrected chi connectivity index (χ4v) is 2.11. The zero-order chi connectivity index (χ0) is 11.4. The van der Waals surface area contributed by atoms with E-state index in [-0.39, 0.29) is 5.82 Å². The molecular formula is C12H15Cl2F. The van der Waals surface area contributed by atoms with Crippen LogP contribution in [0.15, 0.2) is 18.2 Å². The Kier molecular flexibility index (Phi) is 4.88. The summed E-state index contributed by atoms with van der Waals surface area (Å²) >= 11 is 11.7. The van der Waals surface area contributed by atoms with E-state index in [4.69, 9.17) is 23.2 Å². The van der Waals surface area contributed by atoms with Crippen molar-refractivity contribution < 1.29 is 4.39 Å². The predicted molar refractivity (Wildman–Crippen MR) is 64.2 cm³/mol. The number of hydrogen-bond acceptors (Lipinski definition) is 0. The zero-order valence-electron chi connectivity index (χ0n) is 8.93. The lowest BCUT2D eigenvalue weighted by molar-refractivity contribution is 0.415. The van der Waals surface area contributed by atoms with Crippen LogP contribution in [0.2, 0.25) is 5.02 Å². The summed E-state index contributed by atoms with van der Waals surface area (Å²) in [7, 11) is 0. The van der Waals surface area contributed by atoms with Crippen LogP contribution < -0.4 is 0 Å². The van der Waals surface area contributed by atoms with E-state index in [1.54, 1.807) is 12.1 Å². The standard InChI is InChI=1S/C12H15Cl2F/c1-8(2)10(7-13)5-9-6-11(14)3-4-12(9)15/h3-4,6,8,10H,5,7H2,1-2H3. The summed E-state index contributed by atoms with van der Waals surface area (Å²) in [6.45, 7) is 4.19. The van der Waals surface area contributed by atoms with Crippen molar-refractivity contribution in [1.82, 2.24) is 0 Å². The second kappa shape index (κ2) is 5.72. The van der Waals surface area contributed by atoms with E-state index in [1.165, 1.54) is 6.07 Å². The van der Waals surface area contributed by atoms with Crippen molar-refractivity contribution in [2.75, 3.05) is 5.88 Å². The van der Waals surface area contributed by atoms with Crippen LogP contribution in [0.3, 0.4) is 0 Å². The minimum absolute atomic E-state index is 0.199. The molecule has 0 N–H and O–H groups in total. The molecule has 0 saturated heterocycles. The van der Waals surface area contributed by atoms with Gasteiger partial charge in [-0.15, -0.1) is 11.6 Å². The van der Waals surface area contributed by atoms with Crippen molar-refractivity contribution in [2.45, 2.75) is 20.3 Å². The van der Waals surface area contributed by atoms with Gasteiger partial charge in [0, 0.05) is 10.9 Å². The minimum Gasteiger partial charge on any atom is -0.207 e. The van der Waals surface area contributed by atoms with Crippen molar-refractivity contribution in [1.29, 1.82) is 0 Å². The summed E-state index contributed by atoms with van der Waals surface area (Å²) in [5, 5.41) is 0.573. The quantitative estimate of drug-likeness (QED) is 0.687. The molecule has 0 aliphatic rings. The number of halogens is 3. The smallest absolute Gasteiger partial charge is 0.126 e. The lowest BCUT2D eigenvalue weighted by Gasteiger charge is -2.18. The molecule has 1 atom stereocenters.